The van der Waals surface area contributed by atoms with Crippen LogP contribution in [0.15, 0.2) is 54.6 Å². The van der Waals surface area contributed by atoms with Crippen LogP contribution in [-0.2, 0) is 9.53 Å². The molecule has 2 aromatic carbocycles. The van der Waals surface area contributed by atoms with Crippen molar-refractivity contribution in [2.75, 3.05) is 20.2 Å². The largest absolute Gasteiger partial charge is 0.465 e. The number of hydrogen-bond donors (Lipinski definition) is 1. The van der Waals surface area contributed by atoms with Gasteiger partial charge in [0.05, 0.1) is 18.6 Å². The number of carbonyl (C=O) groups excluding carboxylic acids is 3. The topological polar surface area (TPSA) is 75.7 Å². The van der Waals surface area contributed by atoms with Crippen LogP contribution in [0.3, 0.4) is 0 Å². The number of piperidine rings is 1. The van der Waals surface area contributed by atoms with Gasteiger partial charge in [-0.2, -0.15) is 0 Å². The summed E-state index contributed by atoms with van der Waals surface area (Å²) in [7, 11) is 1.31. The Bertz CT molecular complexity index is 889. The van der Waals surface area contributed by atoms with Gasteiger partial charge in [0, 0.05) is 24.7 Å². The average Bonchev–Trinajstić information content (AvgIpc) is 2.80. The number of amides is 2. The molecule has 3 rings (SSSR count). The van der Waals surface area contributed by atoms with Crippen LogP contribution in [-0.4, -0.2) is 48.9 Å². The Morgan fingerprint density at radius 2 is 1.70 bits per heavy atom. The van der Waals surface area contributed by atoms with Gasteiger partial charge in [-0.1, -0.05) is 43.3 Å². The van der Waals surface area contributed by atoms with Gasteiger partial charge in [0.15, 0.2) is 0 Å². The molecule has 1 N–H and O–H groups in total. The molecule has 6 nitrogen and oxygen atoms in total. The van der Waals surface area contributed by atoms with Gasteiger partial charge in [-0.25, -0.2) is 4.79 Å². The van der Waals surface area contributed by atoms with E-state index >= 15 is 0 Å². The second kappa shape index (κ2) is 10.1. The highest BCUT2D eigenvalue weighted by Crippen LogP contribution is 2.24. The first-order valence-corrected chi connectivity index (χ1v) is 10.4. The quantitative estimate of drug-likeness (QED) is 0.744. The zero-order valence-corrected chi connectivity index (χ0v) is 17.5. The van der Waals surface area contributed by atoms with Crippen molar-refractivity contribution >= 4 is 17.8 Å². The summed E-state index contributed by atoms with van der Waals surface area (Å²) in [4.78, 5) is 39.2. The molecule has 1 saturated heterocycles. The molecule has 0 spiro atoms. The lowest BCUT2D eigenvalue weighted by Crippen LogP contribution is -2.47. The molecule has 1 atom stereocenters. The second-order valence-corrected chi connectivity index (χ2v) is 7.52. The van der Waals surface area contributed by atoms with Crippen molar-refractivity contribution in [2.24, 2.45) is 0 Å². The minimum atomic E-state index is -0.472. The Kier molecular flexibility index (Phi) is 7.22. The van der Waals surface area contributed by atoms with Crippen LogP contribution in [0.2, 0.25) is 0 Å². The zero-order valence-electron chi connectivity index (χ0n) is 17.5. The van der Waals surface area contributed by atoms with E-state index in [2.05, 4.69) is 5.32 Å². The first kappa shape index (κ1) is 21.6. The van der Waals surface area contributed by atoms with E-state index in [-0.39, 0.29) is 23.8 Å². The van der Waals surface area contributed by atoms with E-state index in [1.165, 1.54) is 13.2 Å². The number of nitrogens with one attached hydrogen (secondary N) is 1. The van der Waals surface area contributed by atoms with Crippen molar-refractivity contribution in [2.45, 2.75) is 38.1 Å². The minimum absolute atomic E-state index is 0.000125. The third-order valence-electron chi connectivity index (χ3n) is 5.60. The van der Waals surface area contributed by atoms with Crippen molar-refractivity contribution in [3.05, 3.63) is 71.3 Å². The maximum absolute atomic E-state index is 13.0. The zero-order chi connectivity index (χ0) is 21.5. The van der Waals surface area contributed by atoms with E-state index < -0.39 is 5.97 Å². The van der Waals surface area contributed by atoms with Crippen LogP contribution in [0.25, 0.3) is 0 Å². The number of nitrogens with zero attached hydrogens (tertiary/aromatic N) is 1. The van der Waals surface area contributed by atoms with Crippen molar-refractivity contribution in [3.63, 3.8) is 0 Å². The van der Waals surface area contributed by atoms with Crippen LogP contribution in [0.4, 0.5) is 0 Å². The number of benzene rings is 2. The summed E-state index contributed by atoms with van der Waals surface area (Å²) in [5, 5.41) is 3.02. The second-order valence-electron chi connectivity index (χ2n) is 7.52. The molecule has 2 aromatic rings. The summed E-state index contributed by atoms with van der Waals surface area (Å²) >= 11 is 0. The Labute approximate surface area is 177 Å². The molecule has 158 valence electrons. The summed E-state index contributed by atoms with van der Waals surface area (Å²) in [6.45, 7) is 3.27. The van der Waals surface area contributed by atoms with E-state index in [4.69, 9.17) is 4.74 Å². The molecule has 30 heavy (non-hydrogen) atoms. The highest BCUT2D eigenvalue weighted by atomic mass is 16.5. The van der Waals surface area contributed by atoms with Gasteiger partial charge >= 0.3 is 5.97 Å². The predicted octanol–water partition coefficient (Wildman–Crippen LogP) is 3.39. The Morgan fingerprint density at radius 3 is 2.33 bits per heavy atom. The number of carbonyl (C=O) groups is 3. The van der Waals surface area contributed by atoms with E-state index in [1.54, 1.807) is 18.2 Å². The van der Waals surface area contributed by atoms with Gasteiger partial charge < -0.3 is 15.0 Å². The van der Waals surface area contributed by atoms with Crippen LogP contribution in [0.5, 0.6) is 0 Å². The normalized spacial score (nSPS) is 15.3. The number of likely N-dealkylation sites (tertiary alicyclic amines) is 1. The van der Waals surface area contributed by atoms with Crippen molar-refractivity contribution in [1.82, 2.24) is 10.2 Å². The minimum Gasteiger partial charge on any atom is -0.465 e. The Hall–Kier alpha value is -3.15. The molecular weight excluding hydrogens is 380 g/mol. The van der Waals surface area contributed by atoms with Gasteiger partial charge in [-0.15, -0.1) is 0 Å². The van der Waals surface area contributed by atoms with Gasteiger partial charge in [0.25, 0.3) is 5.91 Å². The molecular formula is C24H28N2O4. The number of methoxy groups -OCH3 is 1. The molecule has 1 aliphatic rings. The molecule has 1 fully saturated rings. The number of ether oxygens (including phenoxy) is 1. The van der Waals surface area contributed by atoms with E-state index in [0.29, 0.717) is 37.1 Å². The maximum atomic E-state index is 13.0. The SMILES string of the molecule is CC[C@H](C(=O)N1CCC(NC(=O)c2cccc(C(=O)OC)c2)CC1)c1ccccc1. The average molecular weight is 408 g/mol. The Balaban J connectivity index is 1.56. The third-order valence-corrected chi connectivity index (χ3v) is 5.60. The highest BCUT2D eigenvalue weighted by molar-refractivity contribution is 5.98. The van der Waals surface area contributed by atoms with Gasteiger partial charge in [-0.05, 0) is 43.0 Å². The molecule has 0 aromatic heterocycles. The first-order chi connectivity index (χ1) is 14.5. The van der Waals surface area contributed by atoms with Crippen molar-refractivity contribution < 1.29 is 19.1 Å². The van der Waals surface area contributed by atoms with Crippen LogP contribution in [0.1, 0.15) is 58.4 Å². The van der Waals surface area contributed by atoms with Gasteiger partial charge in [0.2, 0.25) is 5.91 Å². The molecule has 0 saturated carbocycles. The molecule has 1 heterocycles. The molecule has 6 heteroatoms. The first-order valence-electron chi connectivity index (χ1n) is 10.4. The molecule has 2 amide bonds. The lowest BCUT2D eigenvalue weighted by Gasteiger charge is -2.34. The van der Waals surface area contributed by atoms with Crippen molar-refractivity contribution in [3.8, 4) is 0 Å². The number of hydrogen-bond acceptors (Lipinski definition) is 4. The lowest BCUT2D eigenvalue weighted by atomic mass is 9.93. The fraction of sp³-hybridized carbons (Fsp3) is 0.375. The van der Waals surface area contributed by atoms with Crippen LogP contribution in [0, 0.1) is 0 Å². The molecule has 0 aliphatic carbocycles. The summed E-state index contributed by atoms with van der Waals surface area (Å²) in [6, 6.07) is 16.4. The molecule has 0 radical (unpaired) electrons. The monoisotopic (exact) mass is 408 g/mol. The molecule has 1 aliphatic heterocycles. The third kappa shape index (κ3) is 5.06. The highest BCUT2D eigenvalue weighted by Gasteiger charge is 2.29. The molecule has 0 unspecified atom stereocenters. The Morgan fingerprint density at radius 1 is 1.03 bits per heavy atom. The maximum Gasteiger partial charge on any atom is 0.337 e. The van der Waals surface area contributed by atoms with Gasteiger partial charge in [-0.3, -0.25) is 9.59 Å². The smallest absolute Gasteiger partial charge is 0.337 e. The standard InChI is InChI=1S/C24H28N2O4/c1-3-21(17-8-5-4-6-9-17)23(28)26-14-12-20(13-15-26)25-22(27)18-10-7-11-19(16-18)24(29)30-2/h4-11,16,20-21H,3,12-15H2,1-2H3,(H,25,27)/t21-/m0/s1. The van der Waals surface area contributed by atoms with Crippen LogP contribution >= 0.6 is 0 Å². The summed E-state index contributed by atoms with van der Waals surface area (Å²) < 4.78 is 4.71. The van der Waals surface area contributed by atoms with E-state index in [0.717, 1.165) is 12.0 Å². The van der Waals surface area contributed by atoms with E-state index in [1.807, 2.05) is 42.2 Å². The molecule has 0 bridgehead atoms. The van der Waals surface area contributed by atoms with Crippen molar-refractivity contribution in [1.29, 1.82) is 0 Å². The fourth-order valence-corrected chi connectivity index (χ4v) is 3.88. The summed E-state index contributed by atoms with van der Waals surface area (Å²) in [6.07, 6.45) is 2.18. The lowest BCUT2D eigenvalue weighted by molar-refractivity contribution is -0.134. The number of esters is 1. The number of rotatable bonds is 6. The fourth-order valence-electron chi connectivity index (χ4n) is 3.88. The van der Waals surface area contributed by atoms with E-state index in [9.17, 15) is 14.4 Å². The van der Waals surface area contributed by atoms with Crippen LogP contribution < -0.4 is 5.32 Å². The predicted molar refractivity (Wildman–Crippen MR) is 114 cm³/mol. The summed E-state index contributed by atoms with van der Waals surface area (Å²) in [5.74, 6) is -0.667. The van der Waals surface area contributed by atoms with Gasteiger partial charge in [0.1, 0.15) is 0 Å². The summed E-state index contributed by atoms with van der Waals surface area (Å²) in [5.41, 5.74) is 1.81.